The van der Waals surface area contributed by atoms with Crippen molar-refractivity contribution in [3.05, 3.63) is 59.2 Å². The minimum atomic E-state index is -0.980. The van der Waals surface area contributed by atoms with Gasteiger partial charge in [-0.1, -0.05) is 18.2 Å². The smallest absolute Gasteiger partial charge is 0.339 e. The third-order valence-corrected chi connectivity index (χ3v) is 3.33. The number of carbonyl (C=O) groups is 1. The molecule has 110 valence electrons. The number of methoxy groups -OCH3 is 2. The van der Waals surface area contributed by atoms with Gasteiger partial charge >= 0.3 is 5.97 Å². The van der Waals surface area contributed by atoms with Crippen LogP contribution in [0.15, 0.2) is 42.5 Å². The zero-order valence-electron chi connectivity index (χ0n) is 12.1. The van der Waals surface area contributed by atoms with Crippen LogP contribution in [0.3, 0.4) is 0 Å². The Morgan fingerprint density at radius 2 is 1.71 bits per heavy atom. The normalized spacial score (nSPS) is 10.2. The number of hydrogen-bond acceptors (Lipinski definition) is 3. The van der Waals surface area contributed by atoms with Crippen LogP contribution < -0.4 is 9.47 Å². The molecule has 0 unspecified atom stereocenters. The fourth-order valence-electron chi connectivity index (χ4n) is 2.18. The Morgan fingerprint density at radius 1 is 1.00 bits per heavy atom. The molecule has 4 heteroatoms. The summed E-state index contributed by atoms with van der Waals surface area (Å²) in [5, 5.41) is 9.06. The number of aryl methyl sites for hydroxylation is 2. The van der Waals surface area contributed by atoms with Crippen molar-refractivity contribution in [1.29, 1.82) is 0 Å². The Labute approximate surface area is 123 Å². The average Bonchev–Trinajstić information content (AvgIpc) is 2.52. The molecule has 1 N–H and O–H groups in total. The van der Waals surface area contributed by atoms with E-state index >= 15 is 0 Å². The van der Waals surface area contributed by atoms with E-state index in [0.717, 1.165) is 24.2 Å². The van der Waals surface area contributed by atoms with E-state index in [1.54, 1.807) is 19.2 Å². The lowest BCUT2D eigenvalue weighted by atomic mass is 10.0. The monoisotopic (exact) mass is 286 g/mol. The first-order valence-corrected chi connectivity index (χ1v) is 6.67. The maximum atomic E-state index is 11.0. The lowest BCUT2D eigenvalue weighted by Crippen LogP contribution is -2.01. The molecule has 0 aliphatic rings. The van der Waals surface area contributed by atoms with Gasteiger partial charge in [-0.05, 0) is 48.2 Å². The number of carboxylic acid groups (broad SMARTS) is 1. The molecule has 0 saturated carbocycles. The summed E-state index contributed by atoms with van der Waals surface area (Å²) in [6.45, 7) is 0. The lowest BCUT2D eigenvalue weighted by molar-refractivity contribution is 0.0693. The summed E-state index contributed by atoms with van der Waals surface area (Å²) in [7, 11) is 3.13. The van der Waals surface area contributed by atoms with E-state index in [4.69, 9.17) is 14.6 Å². The van der Waals surface area contributed by atoms with Crippen molar-refractivity contribution in [3.63, 3.8) is 0 Å². The molecule has 21 heavy (non-hydrogen) atoms. The van der Waals surface area contributed by atoms with Crippen LogP contribution >= 0.6 is 0 Å². The van der Waals surface area contributed by atoms with Crippen LogP contribution in [0.2, 0.25) is 0 Å². The van der Waals surface area contributed by atoms with Gasteiger partial charge in [0.1, 0.15) is 17.1 Å². The van der Waals surface area contributed by atoms with Crippen LogP contribution in [0.1, 0.15) is 21.5 Å². The van der Waals surface area contributed by atoms with Crippen molar-refractivity contribution in [3.8, 4) is 11.5 Å². The second kappa shape index (κ2) is 6.79. The Kier molecular flexibility index (Phi) is 4.82. The van der Waals surface area contributed by atoms with E-state index in [2.05, 4.69) is 0 Å². The molecule has 0 radical (unpaired) electrons. The molecule has 0 aliphatic heterocycles. The van der Waals surface area contributed by atoms with Gasteiger partial charge in [-0.3, -0.25) is 0 Å². The van der Waals surface area contributed by atoms with Gasteiger partial charge in [0, 0.05) is 0 Å². The Hall–Kier alpha value is -2.49. The fraction of sp³-hybridized carbons (Fsp3) is 0.235. The molecule has 0 bridgehead atoms. The van der Waals surface area contributed by atoms with E-state index in [-0.39, 0.29) is 5.56 Å². The number of aromatic carboxylic acids is 1. The highest BCUT2D eigenvalue weighted by atomic mass is 16.5. The molecule has 2 aromatic rings. The molecule has 2 aromatic carbocycles. The molecule has 0 spiro atoms. The van der Waals surface area contributed by atoms with E-state index < -0.39 is 5.97 Å². The van der Waals surface area contributed by atoms with Crippen LogP contribution in [0.4, 0.5) is 0 Å². The quantitative estimate of drug-likeness (QED) is 0.886. The Bertz CT molecular complexity index is 634. The van der Waals surface area contributed by atoms with Crippen LogP contribution in [-0.4, -0.2) is 25.3 Å². The van der Waals surface area contributed by atoms with Crippen LogP contribution in [0, 0.1) is 0 Å². The lowest BCUT2D eigenvalue weighted by Gasteiger charge is -2.08. The van der Waals surface area contributed by atoms with E-state index in [1.165, 1.54) is 12.7 Å². The first-order valence-electron chi connectivity index (χ1n) is 6.67. The molecular weight excluding hydrogens is 268 g/mol. The van der Waals surface area contributed by atoms with Gasteiger partial charge < -0.3 is 14.6 Å². The number of ether oxygens (including phenoxy) is 2. The predicted molar refractivity (Wildman–Crippen MR) is 80.4 cm³/mol. The third-order valence-electron chi connectivity index (χ3n) is 3.33. The number of benzene rings is 2. The minimum Gasteiger partial charge on any atom is -0.497 e. The highest BCUT2D eigenvalue weighted by Crippen LogP contribution is 2.22. The fourth-order valence-corrected chi connectivity index (χ4v) is 2.18. The van der Waals surface area contributed by atoms with Crippen LogP contribution in [-0.2, 0) is 12.8 Å². The van der Waals surface area contributed by atoms with Crippen molar-refractivity contribution < 1.29 is 19.4 Å². The summed E-state index contributed by atoms with van der Waals surface area (Å²) in [6.07, 6.45) is 1.66. The van der Waals surface area contributed by atoms with Gasteiger partial charge in [-0.25, -0.2) is 4.79 Å². The standard InChI is InChI=1S/C17H18O4/c1-20-14-5-3-4-12(10-14)6-7-13-8-9-15(17(18)19)16(11-13)21-2/h3-5,8-11H,6-7H2,1-2H3,(H,18,19). The molecule has 0 atom stereocenters. The highest BCUT2D eigenvalue weighted by Gasteiger charge is 2.11. The molecule has 0 aliphatic carbocycles. The number of rotatable bonds is 6. The van der Waals surface area contributed by atoms with Crippen molar-refractivity contribution in [2.24, 2.45) is 0 Å². The maximum Gasteiger partial charge on any atom is 0.339 e. The molecule has 0 saturated heterocycles. The van der Waals surface area contributed by atoms with Crippen LogP contribution in [0.5, 0.6) is 11.5 Å². The van der Waals surface area contributed by atoms with Gasteiger partial charge in [-0.15, -0.1) is 0 Å². The summed E-state index contributed by atoms with van der Waals surface area (Å²) in [6, 6.07) is 13.1. The van der Waals surface area contributed by atoms with Gasteiger partial charge in [0.15, 0.2) is 0 Å². The summed E-state index contributed by atoms with van der Waals surface area (Å²) >= 11 is 0. The minimum absolute atomic E-state index is 0.183. The second-order valence-electron chi connectivity index (χ2n) is 4.69. The van der Waals surface area contributed by atoms with Crippen molar-refractivity contribution in [2.75, 3.05) is 14.2 Å². The van der Waals surface area contributed by atoms with Crippen molar-refractivity contribution in [2.45, 2.75) is 12.8 Å². The molecule has 2 rings (SSSR count). The number of carboxylic acids is 1. The zero-order valence-corrected chi connectivity index (χ0v) is 12.1. The SMILES string of the molecule is COc1cccc(CCc2ccc(C(=O)O)c(OC)c2)c1. The molecule has 0 heterocycles. The molecular formula is C17H18O4. The predicted octanol–water partition coefficient (Wildman–Crippen LogP) is 3.19. The summed E-state index contributed by atoms with van der Waals surface area (Å²) in [4.78, 5) is 11.0. The van der Waals surface area contributed by atoms with E-state index in [9.17, 15) is 4.79 Å². The largest absolute Gasteiger partial charge is 0.497 e. The van der Waals surface area contributed by atoms with E-state index in [0.29, 0.717) is 5.75 Å². The molecule has 4 nitrogen and oxygen atoms in total. The van der Waals surface area contributed by atoms with E-state index in [1.807, 2.05) is 30.3 Å². The topological polar surface area (TPSA) is 55.8 Å². The molecule has 0 aromatic heterocycles. The first-order chi connectivity index (χ1) is 10.1. The summed E-state index contributed by atoms with van der Waals surface area (Å²) in [5.74, 6) is 0.253. The summed E-state index contributed by atoms with van der Waals surface area (Å²) < 4.78 is 10.3. The van der Waals surface area contributed by atoms with Gasteiger partial charge in [0.05, 0.1) is 14.2 Å². The summed E-state index contributed by atoms with van der Waals surface area (Å²) in [5.41, 5.74) is 2.40. The Morgan fingerprint density at radius 3 is 2.33 bits per heavy atom. The molecule has 0 amide bonds. The van der Waals surface area contributed by atoms with Gasteiger partial charge in [-0.2, -0.15) is 0 Å². The second-order valence-corrected chi connectivity index (χ2v) is 4.69. The molecule has 0 fully saturated rings. The highest BCUT2D eigenvalue weighted by molar-refractivity contribution is 5.90. The van der Waals surface area contributed by atoms with Gasteiger partial charge in [0.25, 0.3) is 0 Å². The van der Waals surface area contributed by atoms with Crippen molar-refractivity contribution >= 4 is 5.97 Å². The number of hydrogen-bond donors (Lipinski definition) is 1. The third kappa shape index (κ3) is 3.75. The first kappa shape index (κ1) is 14.9. The van der Waals surface area contributed by atoms with Gasteiger partial charge in [0.2, 0.25) is 0 Å². The zero-order chi connectivity index (χ0) is 15.2. The average molecular weight is 286 g/mol. The van der Waals surface area contributed by atoms with Crippen molar-refractivity contribution in [1.82, 2.24) is 0 Å². The maximum absolute atomic E-state index is 11.0. The Balaban J connectivity index is 2.11. The van der Waals surface area contributed by atoms with Crippen LogP contribution in [0.25, 0.3) is 0 Å².